The maximum Gasteiger partial charge on any atom is 0.104 e. The summed E-state index contributed by atoms with van der Waals surface area (Å²) in [6.07, 6.45) is 5.01. The number of hydrogen-bond donors (Lipinski definition) is 2. The first kappa shape index (κ1) is 10.8. The third kappa shape index (κ3) is 1.84. The van der Waals surface area contributed by atoms with Crippen molar-refractivity contribution in [2.45, 2.75) is 32.6 Å². The third-order valence-corrected chi connectivity index (χ3v) is 4.09. The van der Waals surface area contributed by atoms with Crippen molar-refractivity contribution in [2.75, 3.05) is 6.54 Å². The van der Waals surface area contributed by atoms with Crippen LogP contribution in [0.4, 0.5) is 0 Å². The van der Waals surface area contributed by atoms with E-state index >= 15 is 0 Å². The summed E-state index contributed by atoms with van der Waals surface area (Å²) >= 11 is 0. The number of aryl methyl sites for hydroxylation is 1. The van der Waals surface area contributed by atoms with E-state index in [0.717, 1.165) is 29.8 Å². The smallest absolute Gasteiger partial charge is 0.104 e. The Labute approximate surface area is 101 Å². The van der Waals surface area contributed by atoms with Gasteiger partial charge in [-0.15, -0.1) is 0 Å². The van der Waals surface area contributed by atoms with Gasteiger partial charge in [-0.1, -0.05) is 12.5 Å². The molecular weight excluding hydrogens is 210 g/mol. The zero-order chi connectivity index (χ0) is 11.9. The van der Waals surface area contributed by atoms with Gasteiger partial charge in [-0.25, -0.2) is 4.98 Å². The van der Waals surface area contributed by atoms with Gasteiger partial charge in [0.15, 0.2) is 0 Å². The first-order valence-corrected chi connectivity index (χ1v) is 6.36. The summed E-state index contributed by atoms with van der Waals surface area (Å²) in [5.41, 5.74) is 9.87. The summed E-state index contributed by atoms with van der Waals surface area (Å²) in [6.45, 7) is 2.81. The van der Waals surface area contributed by atoms with Crippen LogP contribution in [0.1, 0.15) is 30.7 Å². The Bertz CT molecular complexity index is 532. The molecule has 2 aromatic rings. The van der Waals surface area contributed by atoms with Gasteiger partial charge in [-0.2, -0.15) is 0 Å². The second kappa shape index (κ2) is 3.84. The summed E-state index contributed by atoms with van der Waals surface area (Å²) in [5, 5.41) is 0. The minimum absolute atomic E-state index is 0.378. The van der Waals surface area contributed by atoms with E-state index in [1.807, 2.05) is 6.92 Å². The van der Waals surface area contributed by atoms with Gasteiger partial charge in [0.2, 0.25) is 0 Å². The monoisotopic (exact) mass is 229 g/mol. The molecule has 1 heterocycles. The van der Waals surface area contributed by atoms with Gasteiger partial charge >= 0.3 is 0 Å². The van der Waals surface area contributed by atoms with E-state index in [0.29, 0.717) is 5.41 Å². The van der Waals surface area contributed by atoms with E-state index in [-0.39, 0.29) is 0 Å². The zero-order valence-electron chi connectivity index (χ0n) is 10.3. The largest absolute Gasteiger partial charge is 0.342 e. The summed E-state index contributed by atoms with van der Waals surface area (Å²) in [5.74, 6) is 0.981. The summed E-state index contributed by atoms with van der Waals surface area (Å²) < 4.78 is 0. The standard InChI is InChI=1S/C14H19N3/c1-10-16-12-4-3-11(7-13(12)17-10)8-14(9-15)5-2-6-14/h3-4,7H,2,5-6,8-9,15H2,1H3,(H,16,17). The number of nitrogens with zero attached hydrogens (tertiary/aromatic N) is 1. The van der Waals surface area contributed by atoms with Crippen LogP contribution < -0.4 is 5.73 Å². The SMILES string of the molecule is Cc1nc2ccc(CC3(CN)CCC3)cc2[nH]1. The molecule has 0 spiro atoms. The molecule has 0 atom stereocenters. The van der Waals surface area contributed by atoms with E-state index in [9.17, 15) is 0 Å². The molecule has 1 fully saturated rings. The summed E-state index contributed by atoms with van der Waals surface area (Å²) in [7, 11) is 0. The maximum atomic E-state index is 5.91. The number of aromatic amines is 1. The predicted molar refractivity (Wildman–Crippen MR) is 69.9 cm³/mol. The lowest BCUT2D eigenvalue weighted by Crippen LogP contribution is -2.39. The molecule has 0 saturated heterocycles. The Kier molecular flexibility index (Phi) is 2.44. The fourth-order valence-electron chi connectivity index (χ4n) is 2.86. The van der Waals surface area contributed by atoms with Crippen LogP contribution in [0.25, 0.3) is 11.0 Å². The molecule has 0 radical (unpaired) electrons. The van der Waals surface area contributed by atoms with Crippen molar-refractivity contribution in [3.05, 3.63) is 29.6 Å². The molecule has 1 aromatic carbocycles. The van der Waals surface area contributed by atoms with Gasteiger partial charge in [-0.05, 0) is 55.8 Å². The van der Waals surface area contributed by atoms with Crippen LogP contribution in [0, 0.1) is 12.3 Å². The molecule has 17 heavy (non-hydrogen) atoms. The van der Waals surface area contributed by atoms with E-state index in [2.05, 4.69) is 28.2 Å². The van der Waals surface area contributed by atoms with Crippen molar-refractivity contribution in [3.8, 4) is 0 Å². The number of aromatic nitrogens is 2. The lowest BCUT2D eigenvalue weighted by atomic mass is 9.65. The normalized spacial score (nSPS) is 18.2. The Morgan fingerprint density at radius 1 is 1.41 bits per heavy atom. The van der Waals surface area contributed by atoms with Gasteiger partial charge in [0.1, 0.15) is 5.82 Å². The first-order chi connectivity index (χ1) is 8.21. The van der Waals surface area contributed by atoms with E-state index in [4.69, 9.17) is 5.73 Å². The number of fused-ring (bicyclic) bond motifs is 1. The molecule has 3 nitrogen and oxygen atoms in total. The predicted octanol–water partition coefficient (Wildman–Crippen LogP) is 2.54. The minimum Gasteiger partial charge on any atom is -0.342 e. The molecule has 1 aromatic heterocycles. The summed E-state index contributed by atoms with van der Waals surface area (Å²) in [6, 6.07) is 6.53. The quantitative estimate of drug-likeness (QED) is 0.849. The molecule has 3 N–H and O–H groups in total. The van der Waals surface area contributed by atoms with Crippen molar-refractivity contribution in [2.24, 2.45) is 11.1 Å². The van der Waals surface area contributed by atoms with Gasteiger partial charge in [0, 0.05) is 0 Å². The molecule has 0 amide bonds. The number of nitrogens with one attached hydrogen (secondary N) is 1. The highest BCUT2D eigenvalue weighted by atomic mass is 14.9. The van der Waals surface area contributed by atoms with Crippen molar-refractivity contribution < 1.29 is 0 Å². The van der Waals surface area contributed by atoms with Gasteiger partial charge in [0.25, 0.3) is 0 Å². The number of H-pyrrole nitrogens is 1. The number of benzene rings is 1. The number of hydrogen-bond acceptors (Lipinski definition) is 2. The molecule has 3 rings (SSSR count). The highest BCUT2D eigenvalue weighted by Gasteiger charge is 2.35. The van der Waals surface area contributed by atoms with Gasteiger partial charge in [0.05, 0.1) is 11.0 Å². The lowest BCUT2D eigenvalue weighted by molar-refractivity contribution is 0.145. The van der Waals surface area contributed by atoms with Crippen LogP contribution in [-0.2, 0) is 6.42 Å². The molecule has 0 unspecified atom stereocenters. The van der Waals surface area contributed by atoms with E-state index in [1.54, 1.807) is 0 Å². The Morgan fingerprint density at radius 2 is 2.24 bits per heavy atom. The number of imidazole rings is 1. The zero-order valence-corrected chi connectivity index (χ0v) is 10.3. The van der Waals surface area contributed by atoms with Crippen LogP contribution in [0.5, 0.6) is 0 Å². The Morgan fingerprint density at radius 3 is 2.88 bits per heavy atom. The second-order valence-electron chi connectivity index (χ2n) is 5.41. The van der Waals surface area contributed by atoms with Crippen molar-refractivity contribution in [1.29, 1.82) is 0 Å². The van der Waals surface area contributed by atoms with Crippen molar-refractivity contribution in [3.63, 3.8) is 0 Å². The maximum absolute atomic E-state index is 5.91. The molecule has 90 valence electrons. The van der Waals surface area contributed by atoms with Crippen LogP contribution in [-0.4, -0.2) is 16.5 Å². The second-order valence-corrected chi connectivity index (χ2v) is 5.41. The van der Waals surface area contributed by atoms with E-state index in [1.165, 1.54) is 24.8 Å². The summed E-state index contributed by atoms with van der Waals surface area (Å²) in [4.78, 5) is 7.72. The number of rotatable bonds is 3. The molecular formula is C14H19N3. The molecule has 0 bridgehead atoms. The first-order valence-electron chi connectivity index (χ1n) is 6.36. The molecule has 1 saturated carbocycles. The fraction of sp³-hybridized carbons (Fsp3) is 0.500. The Balaban J connectivity index is 1.90. The van der Waals surface area contributed by atoms with Crippen LogP contribution in [0.15, 0.2) is 18.2 Å². The molecule has 0 aliphatic heterocycles. The molecule has 1 aliphatic carbocycles. The minimum atomic E-state index is 0.378. The van der Waals surface area contributed by atoms with Crippen LogP contribution in [0.3, 0.4) is 0 Å². The van der Waals surface area contributed by atoms with Gasteiger partial charge < -0.3 is 10.7 Å². The van der Waals surface area contributed by atoms with Gasteiger partial charge in [-0.3, -0.25) is 0 Å². The van der Waals surface area contributed by atoms with Crippen molar-refractivity contribution >= 4 is 11.0 Å². The lowest BCUT2D eigenvalue weighted by Gasteiger charge is -2.41. The Hall–Kier alpha value is -1.35. The van der Waals surface area contributed by atoms with Crippen molar-refractivity contribution in [1.82, 2.24) is 9.97 Å². The van der Waals surface area contributed by atoms with Crippen LogP contribution in [0.2, 0.25) is 0 Å². The van der Waals surface area contributed by atoms with Crippen LogP contribution >= 0.6 is 0 Å². The molecule has 3 heteroatoms. The highest BCUT2D eigenvalue weighted by molar-refractivity contribution is 5.75. The molecule has 1 aliphatic rings. The average Bonchev–Trinajstić information content (AvgIpc) is 2.63. The average molecular weight is 229 g/mol. The van der Waals surface area contributed by atoms with E-state index < -0.39 is 0 Å². The number of nitrogens with two attached hydrogens (primary N) is 1. The third-order valence-electron chi connectivity index (χ3n) is 4.09. The topological polar surface area (TPSA) is 54.7 Å². The fourth-order valence-corrected chi connectivity index (χ4v) is 2.86. The highest BCUT2D eigenvalue weighted by Crippen LogP contribution is 2.42.